The van der Waals surface area contributed by atoms with Crippen LogP contribution in [0.4, 0.5) is 0 Å². The molecule has 1 unspecified atom stereocenters. The first-order valence-corrected chi connectivity index (χ1v) is 8.76. The minimum absolute atomic E-state index is 0.571. The lowest BCUT2D eigenvalue weighted by Gasteiger charge is -2.34. The van der Waals surface area contributed by atoms with E-state index in [-0.39, 0.29) is 0 Å². The molecular weight excluding hydrogens is 284 g/mol. The van der Waals surface area contributed by atoms with Gasteiger partial charge in [0.1, 0.15) is 6.10 Å². The van der Waals surface area contributed by atoms with Crippen molar-refractivity contribution in [3.8, 4) is 0 Å². The number of fused-ring (bicyclic) bond motifs is 1. The van der Waals surface area contributed by atoms with E-state index < -0.39 is 6.10 Å². The summed E-state index contributed by atoms with van der Waals surface area (Å²) in [5, 5.41) is 10.5. The van der Waals surface area contributed by atoms with Gasteiger partial charge in [0.25, 0.3) is 0 Å². The van der Waals surface area contributed by atoms with Crippen LogP contribution in [0.1, 0.15) is 60.9 Å². The Morgan fingerprint density at radius 3 is 2.43 bits per heavy atom. The van der Waals surface area contributed by atoms with Crippen molar-refractivity contribution in [2.45, 2.75) is 50.3 Å². The van der Waals surface area contributed by atoms with Gasteiger partial charge >= 0.3 is 0 Å². The summed E-state index contributed by atoms with van der Waals surface area (Å²) in [5.74, 6) is 0. The summed E-state index contributed by atoms with van der Waals surface area (Å²) < 4.78 is 0. The highest BCUT2D eigenvalue weighted by Crippen LogP contribution is 2.40. The summed E-state index contributed by atoms with van der Waals surface area (Å²) in [6, 6.07) is 13.7. The molecular formula is C20H24N2O. The number of aliphatic hydroxyl groups is 1. The number of pyridine rings is 1. The van der Waals surface area contributed by atoms with Crippen molar-refractivity contribution >= 4 is 0 Å². The molecule has 0 bridgehead atoms. The van der Waals surface area contributed by atoms with Crippen molar-refractivity contribution in [3.63, 3.8) is 0 Å². The van der Waals surface area contributed by atoms with Gasteiger partial charge in [-0.15, -0.1) is 0 Å². The molecule has 3 nitrogen and oxygen atoms in total. The van der Waals surface area contributed by atoms with Crippen molar-refractivity contribution in [2.24, 2.45) is 0 Å². The Balaban J connectivity index is 1.52. The molecule has 2 saturated heterocycles. The van der Waals surface area contributed by atoms with Crippen molar-refractivity contribution in [1.29, 1.82) is 0 Å². The van der Waals surface area contributed by atoms with Crippen molar-refractivity contribution in [2.75, 3.05) is 6.54 Å². The van der Waals surface area contributed by atoms with Crippen LogP contribution in [0.15, 0.2) is 48.8 Å². The maximum absolute atomic E-state index is 10.5. The fourth-order valence-electron chi connectivity index (χ4n) is 4.26. The molecule has 3 heteroatoms. The molecule has 2 fully saturated rings. The van der Waals surface area contributed by atoms with E-state index in [1.54, 1.807) is 12.4 Å². The van der Waals surface area contributed by atoms with E-state index in [0.717, 1.165) is 17.2 Å². The molecule has 1 aromatic carbocycles. The predicted octanol–water partition coefficient (Wildman–Crippen LogP) is 3.85. The molecule has 3 heterocycles. The molecule has 0 saturated carbocycles. The third-order valence-corrected chi connectivity index (χ3v) is 5.51. The molecule has 1 aromatic heterocycles. The molecule has 0 radical (unpaired) electrons. The second-order valence-corrected chi connectivity index (χ2v) is 6.83. The zero-order chi connectivity index (χ0) is 15.6. The summed E-state index contributed by atoms with van der Waals surface area (Å²) in [4.78, 5) is 6.72. The number of aromatic nitrogens is 1. The quantitative estimate of drug-likeness (QED) is 0.935. The van der Waals surface area contributed by atoms with Gasteiger partial charge in [0.05, 0.1) is 0 Å². The first kappa shape index (κ1) is 14.9. The van der Waals surface area contributed by atoms with Crippen LogP contribution in [-0.2, 0) is 0 Å². The van der Waals surface area contributed by atoms with Gasteiger partial charge in [-0.05, 0) is 61.1 Å². The van der Waals surface area contributed by atoms with Gasteiger partial charge in [-0.1, -0.05) is 30.7 Å². The van der Waals surface area contributed by atoms with Crippen LogP contribution in [-0.4, -0.2) is 27.6 Å². The third-order valence-electron chi connectivity index (χ3n) is 5.51. The van der Waals surface area contributed by atoms with Crippen LogP contribution in [0.2, 0.25) is 0 Å². The molecule has 0 spiro atoms. The molecule has 0 amide bonds. The standard InChI is InChI=1S/C20H24N2O/c23-20(17-10-12-21-13-11-17)16-6-4-15(5-7-16)19-9-8-18-3-1-2-14-22(18)19/h4-7,10-13,18-20,23H,1-3,8-9,14H2/t18-,19-,20?/m1/s1. The summed E-state index contributed by atoms with van der Waals surface area (Å²) in [5.41, 5.74) is 3.25. The van der Waals surface area contributed by atoms with Crippen LogP contribution < -0.4 is 0 Å². The predicted molar refractivity (Wildman–Crippen MR) is 91.1 cm³/mol. The average molecular weight is 308 g/mol. The van der Waals surface area contributed by atoms with Crippen LogP contribution >= 0.6 is 0 Å². The lowest BCUT2D eigenvalue weighted by atomic mass is 9.98. The molecule has 120 valence electrons. The summed E-state index contributed by atoms with van der Waals surface area (Å²) in [7, 11) is 0. The minimum Gasteiger partial charge on any atom is -0.384 e. The van der Waals surface area contributed by atoms with Gasteiger partial charge in [0, 0.05) is 24.5 Å². The van der Waals surface area contributed by atoms with E-state index in [1.165, 1.54) is 44.2 Å². The normalized spacial score (nSPS) is 26.0. The fourth-order valence-corrected chi connectivity index (χ4v) is 4.26. The van der Waals surface area contributed by atoms with Crippen molar-refractivity contribution in [1.82, 2.24) is 9.88 Å². The monoisotopic (exact) mass is 308 g/mol. The van der Waals surface area contributed by atoms with Crippen molar-refractivity contribution in [3.05, 3.63) is 65.5 Å². The highest BCUT2D eigenvalue weighted by Gasteiger charge is 2.35. The average Bonchev–Trinajstić information content (AvgIpc) is 3.06. The number of rotatable bonds is 3. The Morgan fingerprint density at radius 1 is 0.913 bits per heavy atom. The molecule has 4 rings (SSSR count). The number of piperidine rings is 1. The van der Waals surface area contributed by atoms with Crippen molar-refractivity contribution < 1.29 is 5.11 Å². The molecule has 3 atom stereocenters. The highest BCUT2D eigenvalue weighted by atomic mass is 16.3. The van der Waals surface area contributed by atoms with E-state index in [9.17, 15) is 5.11 Å². The maximum atomic E-state index is 10.5. The summed E-state index contributed by atoms with van der Waals surface area (Å²) in [6.45, 7) is 1.25. The molecule has 1 N–H and O–H groups in total. The Labute approximate surface area is 138 Å². The molecule has 23 heavy (non-hydrogen) atoms. The van der Waals surface area contributed by atoms with Crippen LogP contribution in [0.25, 0.3) is 0 Å². The third kappa shape index (κ3) is 2.91. The topological polar surface area (TPSA) is 36.4 Å². The number of hydrogen-bond acceptors (Lipinski definition) is 3. The fraction of sp³-hybridized carbons (Fsp3) is 0.450. The number of nitrogens with zero attached hydrogens (tertiary/aromatic N) is 2. The number of hydrogen-bond donors (Lipinski definition) is 1. The van der Waals surface area contributed by atoms with Crippen LogP contribution in [0.3, 0.4) is 0 Å². The van der Waals surface area contributed by atoms with Gasteiger partial charge in [-0.2, -0.15) is 0 Å². The summed E-state index contributed by atoms with van der Waals surface area (Å²) in [6.07, 6.45) is 9.59. The van der Waals surface area contributed by atoms with E-state index in [1.807, 2.05) is 12.1 Å². The lowest BCUT2D eigenvalue weighted by Crippen LogP contribution is -2.35. The largest absolute Gasteiger partial charge is 0.384 e. The molecule has 2 aliphatic rings. The molecule has 2 aromatic rings. The number of benzene rings is 1. The van der Waals surface area contributed by atoms with Gasteiger partial charge < -0.3 is 5.11 Å². The van der Waals surface area contributed by atoms with E-state index >= 15 is 0 Å². The maximum Gasteiger partial charge on any atom is 0.104 e. The van der Waals surface area contributed by atoms with E-state index in [0.29, 0.717) is 6.04 Å². The lowest BCUT2D eigenvalue weighted by molar-refractivity contribution is 0.150. The molecule has 0 aliphatic carbocycles. The summed E-state index contributed by atoms with van der Waals surface area (Å²) >= 11 is 0. The van der Waals surface area contributed by atoms with Gasteiger partial charge in [0.15, 0.2) is 0 Å². The SMILES string of the molecule is OC(c1ccncc1)c1ccc([C@H]2CC[C@H]3CCCCN32)cc1. The highest BCUT2D eigenvalue weighted by molar-refractivity contribution is 5.32. The zero-order valence-electron chi connectivity index (χ0n) is 13.4. The smallest absolute Gasteiger partial charge is 0.104 e. The molecule has 2 aliphatic heterocycles. The zero-order valence-corrected chi connectivity index (χ0v) is 13.4. The van der Waals surface area contributed by atoms with E-state index in [2.05, 4.69) is 34.1 Å². The van der Waals surface area contributed by atoms with Gasteiger partial charge in [-0.3, -0.25) is 9.88 Å². The second kappa shape index (κ2) is 6.42. The number of aliphatic hydroxyl groups excluding tert-OH is 1. The first-order chi connectivity index (χ1) is 11.3. The second-order valence-electron chi connectivity index (χ2n) is 6.83. The van der Waals surface area contributed by atoms with Crippen LogP contribution in [0.5, 0.6) is 0 Å². The Kier molecular flexibility index (Phi) is 4.15. The Bertz CT molecular complexity index is 640. The van der Waals surface area contributed by atoms with Gasteiger partial charge in [0.2, 0.25) is 0 Å². The minimum atomic E-state index is -0.571. The Hall–Kier alpha value is -1.71. The Morgan fingerprint density at radius 2 is 1.65 bits per heavy atom. The van der Waals surface area contributed by atoms with Crippen LogP contribution in [0, 0.1) is 0 Å². The van der Waals surface area contributed by atoms with E-state index in [4.69, 9.17) is 0 Å². The van der Waals surface area contributed by atoms with Gasteiger partial charge in [-0.25, -0.2) is 0 Å². The first-order valence-electron chi connectivity index (χ1n) is 8.76.